The molecule has 21 heavy (non-hydrogen) atoms. The molecule has 6 heteroatoms. The molecule has 0 aliphatic rings. The summed E-state index contributed by atoms with van der Waals surface area (Å²) >= 11 is 0. The summed E-state index contributed by atoms with van der Waals surface area (Å²) in [6.07, 6.45) is -3.09. The van der Waals surface area contributed by atoms with Crippen LogP contribution in [0.2, 0.25) is 0 Å². The summed E-state index contributed by atoms with van der Waals surface area (Å²) in [4.78, 5) is 11.5. The van der Waals surface area contributed by atoms with E-state index >= 15 is 0 Å². The minimum absolute atomic E-state index is 0.0406. The Bertz CT molecular complexity index is 495. The lowest BCUT2D eigenvalue weighted by Gasteiger charge is -2.22. The van der Waals surface area contributed by atoms with Gasteiger partial charge in [0.15, 0.2) is 0 Å². The Morgan fingerprint density at radius 2 is 1.95 bits per heavy atom. The highest BCUT2D eigenvalue weighted by atomic mass is 16.6. The lowest BCUT2D eigenvalue weighted by atomic mass is 10.0. The molecule has 0 saturated carbocycles. The van der Waals surface area contributed by atoms with E-state index < -0.39 is 23.9 Å². The maximum atomic E-state index is 11.5. The van der Waals surface area contributed by atoms with Crippen LogP contribution in [0.15, 0.2) is 18.2 Å². The lowest BCUT2D eigenvalue weighted by molar-refractivity contribution is 0.0128. The second kappa shape index (κ2) is 6.78. The molecule has 0 heterocycles. The first kappa shape index (κ1) is 17.3. The number of hydrogen-bond acceptors (Lipinski definition) is 5. The van der Waals surface area contributed by atoms with E-state index in [0.717, 1.165) is 0 Å². The molecule has 0 saturated heterocycles. The highest BCUT2D eigenvalue weighted by molar-refractivity contribution is 5.67. The Labute approximate surface area is 124 Å². The molecule has 0 fully saturated rings. The summed E-state index contributed by atoms with van der Waals surface area (Å²) in [5.74, 6) is 0.0406. The first-order chi connectivity index (χ1) is 9.60. The summed E-state index contributed by atoms with van der Waals surface area (Å²) in [6.45, 7) is 6.75. The number of alkyl carbamates (subject to hydrolysis) is 1. The van der Waals surface area contributed by atoms with Gasteiger partial charge in [-0.25, -0.2) is 4.79 Å². The Balaban J connectivity index is 2.56. The first-order valence-electron chi connectivity index (χ1n) is 6.72. The summed E-state index contributed by atoms with van der Waals surface area (Å²) < 4.78 is 5.03. The fraction of sp³-hybridized carbons (Fsp3) is 0.533. The van der Waals surface area contributed by atoms with Gasteiger partial charge in [-0.3, -0.25) is 0 Å². The zero-order chi connectivity index (χ0) is 16.2. The topological polar surface area (TPSA) is 99.0 Å². The number of nitrogens with one attached hydrogen (secondary N) is 1. The van der Waals surface area contributed by atoms with Gasteiger partial charge in [-0.05, 0) is 44.9 Å². The average molecular weight is 297 g/mol. The van der Waals surface area contributed by atoms with Crippen LogP contribution in [0.5, 0.6) is 5.75 Å². The van der Waals surface area contributed by atoms with Crippen molar-refractivity contribution >= 4 is 6.09 Å². The molecule has 6 nitrogen and oxygen atoms in total. The number of aryl methyl sites for hydroxylation is 1. The summed E-state index contributed by atoms with van der Waals surface area (Å²) in [6, 6.07) is 4.63. The van der Waals surface area contributed by atoms with E-state index in [9.17, 15) is 20.1 Å². The number of aliphatic hydroxyl groups excluding tert-OH is 2. The van der Waals surface area contributed by atoms with Crippen LogP contribution < -0.4 is 5.32 Å². The third-order valence-electron chi connectivity index (χ3n) is 2.79. The maximum absolute atomic E-state index is 11.5. The molecular weight excluding hydrogens is 274 g/mol. The van der Waals surface area contributed by atoms with Crippen LogP contribution >= 0.6 is 0 Å². The fourth-order valence-electron chi connectivity index (χ4n) is 1.65. The SMILES string of the molecule is Cc1ccc(C(O)C(O)CNC(=O)OC(C)(C)C)cc1O. The van der Waals surface area contributed by atoms with Crippen molar-refractivity contribution in [3.8, 4) is 5.75 Å². The number of hydrogen-bond donors (Lipinski definition) is 4. The predicted molar refractivity (Wildman–Crippen MR) is 78.0 cm³/mol. The van der Waals surface area contributed by atoms with E-state index in [4.69, 9.17) is 4.74 Å². The minimum Gasteiger partial charge on any atom is -0.508 e. The van der Waals surface area contributed by atoms with E-state index in [2.05, 4.69) is 5.32 Å². The second-order valence-electron chi connectivity index (χ2n) is 5.94. The fourth-order valence-corrected chi connectivity index (χ4v) is 1.65. The molecule has 1 aromatic rings. The number of ether oxygens (including phenoxy) is 1. The number of carbonyl (C=O) groups is 1. The van der Waals surface area contributed by atoms with Crippen LogP contribution in [0.4, 0.5) is 4.79 Å². The highest BCUT2D eigenvalue weighted by Gasteiger charge is 2.21. The number of aromatic hydroxyl groups is 1. The van der Waals surface area contributed by atoms with Gasteiger partial charge in [-0.2, -0.15) is 0 Å². The molecule has 0 bridgehead atoms. The third kappa shape index (κ3) is 5.61. The van der Waals surface area contributed by atoms with Crippen LogP contribution in [-0.4, -0.2) is 39.7 Å². The van der Waals surface area contributed by atoms with Gasteiger partial charge < -0.3 is 25.4 Å². The maximum Gasteiger partial charge on any atom is 0.407 e. The number of carbonyl (C=O) groups excluding carboxylic acids is 1. The average Bonchev–Trinajstić information content (AvgIpc) is 2.36. The Morgan fingerprint density at radius 1 is 1.33 bits per heavy atom. The molecule has 0 aliphatic heterocycles. The highest BCUT2D eigenvalue weighted by Crippen LogP contribution is 2.24. The molecule has 0 aliphatic carbocycles. The molecule has 2 unspecified atom stereocenters. The van der Waals surface area contributed by atoms with Crippen molar-refractivity contribution in [2.24, 2.45) is 0 Å². The molecule has 4 N–H and O–H groups in total. The zero-order valence-corrected chi connectivity index (χ0v) is 12.8. The zero-order valence-electron chi connectivity index (χ0n) is 12.8. The van der Waals surface area contributed by atoms with Crippen molar-refractivity contribution in [1.29, 1.82) is 0 Å². The molecular formula is C15H23NO5. The van der Waals surface area contributed by atoms with Gasteiger partial charge in [0, 0.05) is 6.54 Å². The molecule has 0 aromatic heterocycles. The number of benzene rings is 1. The van der Waals surface area contributed by atoms with Crippen molar-refractivity contribution in [1.82, 2.24) is 5.32 Å². The van der Waals surface area contributed by atoms with Gasteiger partial charge in [0.2, 0.25) is 0 Å². The molecule has 1 aromatic carbocycles. The molecule has 0 radical (unpaired) electrons. The number of phenolic OH excluding ortho intramolecular Hbond substituents is 1. The number of rotatable bonds is 4. The predicted octanol–water partition coefficient (Wildman–Crippen LogP) is 1.62. The van der Waals surface area contributed by atoms with Crippen molar-refractivity contribution in [2.45, 2.75) is 45.5 Å². The smallest absolute Gasteiger partial charge is 0.407 e. The first-order valence-corrected chi connectivity index (χ1v) is 6.72. The normalized spacial score (nSPS) is 14.4. The van der Waals surface area contributed by atoms with E-state index in [0.29, 0.717) is 11.1 Å². The second-order valence-corrected chi connectivity index (χ2v) is 5.94. The monoisotopic (exact) mass is 297 g/mol. The number of phenols is 1. The van der Waals surface area contributed by atoms with E-state index in [1.165, 1.54) is 6.07 Å². The number of aliphatic hydroxyl groups is 2. The lowest BCUT2D eigenvalue weighted by Crippen LogP contribution is -2.38. The summed E-state index contributed by atoms with van der Waals surface area (Å²) in [5, 5.41) is 31.8. The van der Waals surface area contributed by atoms with Gasteiger partial charge in [0.05, 0.1) is 0 Å². The van der Waals surface area contributed by atoms with E-state index in [1.54, 1.807) is 39.8 Å². The van der Waals surface area contributed by atoms with E-state index in [1.807, 2.05) is 0 Å². The molecule has 0 spiro atoms. The summed E-state index contributed by atoms with van der Waals surface area (Å²) in [5.41, 5.74) is 0.417. The van der Waals surface area contributed by atoms with Crippen LogP contribution in [0.25, 0.3) is 0 Å². The van der Waals surface area contributed by atoms with Crippen LogP contribution in [0.1, 0.15) is 38.0 Å². The van der Waals surface area contributed by atoms with Crippen molar-refractivity contribution < 1.29 is 24.9 Å². The van der Waals surface area contributed by atoms with Gasteiger partial charge in [0.25, 0.3) is 0 Å². The molecule has 2 atom stereocenters. The van der Waals surface area contributed by atoms with Crippen molar-refractivity contribution in [3.63, 3.8) is 0 Å². The summed E-state index contributed by atoms with van der Waals surface area (Å²) in [7, 11) is 0. The van der Waals surface area contributed by atoms with Gasteiger partial charge >= 0.3 is 6.09 Å². The standard InChI is InChI=1S/C15H23NO5/c1-9-5-6-10(7-11(9)17)13(19)12(18)8-16-14(20)21-15(2,3)4/h5-7,12-13,17-19H,8H2,1-4H3,(H,16,20). The van der Waals surface area contributed by atoms with Gasteiger partial charge in [-0.15, -0.1) is 0 Å². The van der Waals surface area contributed by atoms with Gasteiger partial charge in [0.1, 0.15) is 23.6 Å². The Morgan fingerprint density at radius 3 is 2.48 bits per heavy atom. The van der Waals surface area contributed by atoms with Crippen LogP contribution in [0, 0.1) is 6.92 Å². The van der Waals surface area contributed by atoms with Crippen molar-refractivity contribution in [2.75, 3.05) is 6.54 Å². The molecule has 1 amide bonds. The molecule has 1 rings (SSSR count). The van der Waals surface area contributed by atoms with Crippen LogP contribution in [0.3, 0.4) is 0 Å². The molecule has 118 valence electrons. The van der Waals surface area contributed by atoms with Crippen LogP contribution in [-0.2, 0) is 4.74 Å². The quantitative estimate of drug-likeness (QED) is 0.677. The Hall–Kier alpha value is -1.79. The van der Waals surface area contributed by atoms with Gasteiger partial charge in [-0.1, -0.05) is 12.1 Å². The van der Waals surface area contributed by atoms with E-state index in [-0.39, 0.29) is 12.3 Å². The minimum atomic E-state index is -1.22. The Kier molecular flexibility index (Phi) is 5.57. The largest absolute Gasteiger partial charge is 0.508 e. The van der Waals surface area contributed by atoms with Crippen molar-refractivity contribution in [3.05, 3.63) is 29.3 Å². The third-order valence-corrected chi connectivity index (χ3v) is 2.79. The number of amides is 1.